The molecule has 172 valence electrons. The number of ether oxygens (including phenoxy) is 2. The molecule has 2 rings (SSSR count). The summed E-state index contributed by atoms with van der Waals surface area (Å²) < 4.78 is 10.8. The number of rotatable bonds is 5. The summed E-state index contributed by atoms with van der Waals surface area (Å²) in [5.74, 6) is -4.90. The molecule has 0 unspecified atom stereocenters. The third-order valence-corrected chi connectivity index (χ3v) is 5.64. The molecule has 0 spiro atoms. The summed E-state index contributed by atoms with van der Waals surface area (Å²) >= 11 is 0. The molecule has 31 heavy (non-hydrogen) atoms. The van der Waals surface area contributed by atoms with Crippen LogP contribution in [0.2, 0.25) is 0 Å². The minimum absolute atomic E-state index is 0.0850. The largest absolute Gasteiger partial charge is 0.463 e. The van der Waals surface area contributed by atoms with Crippen molar-refractivity contribution in [2.75, 3.05) is 0 Å². The molecule has 1 aromatic rings. The number of benzene rings is 1. The highest BCUT2D eigenvalue weighted by Crippen LogP contribution is 2.47. The Kier molecular flexibility index (Phi) is 7.36. The van der Waals surface area contributed by atoms with Crippen molar-refractivity contribution in [2.24, 2.45) is 11.8 Å². The molecule has 1 aliphatic rings. The van der Waals surface area contributed by atoms with Crippen LogP contribution in [0, 0.1) is 11.8 Å². The van der Waals surface area contributed by atoms with Crippen LogP contribution in [-0.2, 0) is 29.3 Å². The van der Waals surface area contributed by atoms with Crippen LogP contribution < -0.4 is 0 Å². The van der Waals surface area contributed by atoms with E-state index in [1.165, 1.54) is 6.92 Å². The second-order valence-electron chi connectivity index (χ2n) is 10.3. The van der Waals surface area contributed by atoms with Gasteiger partial charge in [0.2, 0.25) is 0 Å². The molecule has 1 aromatic carbocycles. The number of esters is 2. The van der Waals surface area contributed by atoms with Gasteiger partial charge < -0.3 is 14.6 Å². The molecular weight excluding hydrogens is 396 g/mol. The van der Waals surface area contributed by atoms with Crippen molar-refractivity contribution < 1.29 is 29.0 Å². The Balaban J connectivity index is 2.63. The average molecular weight is 433 g/mol. The first-order chi connectivity index (χ1) is 14.1. The molecule has 0 aromatic heterocycles. The van der Waals surface area contributed by atoms with E-state index in [1.54, 1.807) is 27.7 Å². The summed E-state index contributed by atoms with van der Waals surface area (Å²) in [5, 5.41) is 11.1. The minimum atomic E-state index is -1.65. The number of hydrogen-bond acceptors (Lipinski definition) is 6. The van der Waals surface area contributed by atoms with Crippen LogP contribution in [0.15, 0.2) is 24.3 Å². The first kappa shape index (κ1) is 25.1. The number of aliphatic hydroxyl groups is 1. The molecular formula is C25H36O6. The van der Waals surface area contributed by atoms with Gasteiger partial charge in [0, 0.05) is 12.3 Å². The van der Waals surface area contributed by atoms with E-state index in [2.05, 4.69) is 20.8 Å². The summed E-state index contributed by atoms with van der Waals surface area (Å²) in [6.07, 6.45) is -1.13. The number of ketones is 1. The van der Waals surface area contributed by atoms with Crippen LogP contribution in [0.3, 0.4) is 0 Å². The van der Waals surface area contributed by atoms with Gasteiger partial charge in [0.1, 0.15) is 5.92 Å². The monoisotopic (exact) mass is 432 g/mol. The second kappa shape index (κ2) is 9.11. The van der Waals surface area contributed by atoms with E-state index < -0.39 is 53.3 Å². The molecule has 6 nitrogen and oxygen atoms in total. The average Bonchev–Trinajstić information content (AvgIpc) is 2.57. The Morgan fingerprint density at radius 2 is 1.48 bits per heavy atom. The predicted molar refractivity (Wildman–Crippen MR) is 118 cm³/mol. The highest BCUT2D eigenvalue weighted by Gasteiger charge is 2.57. The van der Waals surface area contributed by atoms with Crippen LogP contribution >= 0.6 is 0 Å². The van der Waals surface area contributed by atoms with Crippen LogP contribution in [-0.4, -0.2) is 40.6 Å². The van der Waals surface area contributed by atoms with Crippen LogP contribution in [0.4, 0.5) is 0 Å². The minimum Gasteiger partial charge on any atom is -0.463 e. The van der Waals surface area contributed by atoms with Crippen molar-refractivity contribution in [1.82, 2.24) is 0 Å². The number of hydrogen-bond donors (Lipinski definition) is 1. The third-order valence-electron chi connectivity index (χ3n) is 5.64. The first-order valence-electron chi connectivity index (χ1n) is 10.9. The fourth-order valence-electron chi connectivity index (χ4n) is 4.23. The predicted octanol–water partition coefficient (Wildman–Crippen LogP) is 3.93. The quantitative estimate of drug-likeness (QED) is 0.560. The van der Waals surface area contributed by atoms with E-state index in [1.807, 2.05) is 24.3 Å². The summed E-state index contributed by atoms with van der Waals surface area (Å²) in [5.41, 5.74) is -0.0332. The zero-order chi connectivity index (χ0) is 23.7. The van der Waals surface area contributed by atoms with Gasteiger partial charge in [-0.05, 0) is 51.2 Å². The molecule has 1 aliphatic carbocycles. The lowest BCUT2D eigenvalue weighted by atomic mass is 9.61. The molecule has 0 radical (unpaired) electrons. The Hall–Kier alpha value is -2.21. The van der Waals surface area contributed by atoms with Gasteiger partial charge in [0.05, 0.1) is 23.7 Å². The fourth-order valence-corrected chi connectivity index (χ4v) is 4.23. The molecule has 0 aliphatic heterocycles. The fraction of sp³-hybridized carbons (Fsp3) is 0.640. The summed E-state index contributed by atoms with van der Waals surface area (Å²) in [4.78, 5) is 39.1. The maximum Gasteiger partial charge on any atom is 0.317 e. The van der Waals surface area contributed by atoms with Gasteiger partial charge >= 0.3 is 11.9 Å². The van der Waals surface area contributed by atoms with Gasteiger partial charge in [-0.15, -0.1) is 0 Å². The Labute approximate surface area is 185 Å². The Morgan fingerprint density at radius 3 is 1.94 bits per heavy atom. The van der Waals surface area contributed by atoms with E-state index >= 15 is 0 Å². The van der Waals surface area contributed by atoms with Crippen molar-refractivity contribution >= 4 is 17.7 Å². The summed E-state index contributed by atoms with van der Waals surface area (Å²) in [6.45, 7) is 14.6. The van der Waals surface area contributed by atoms with Gasteiger partial charge in [-0.25, -0.2) is 0 Å². The van der Waals surface area contributed by atoms with Gasteiger partial charge in [0.25, 0.3) is 0 Å². The van der Waals surface area contributed by atoms with Crippen molar-refractivity contribution in [2.45, 2.75) is 91.0 Å². The van der Waals surface area contributed by atoms with Gasteiger partial charge in [-0.3, -0.25) is 14.4 Å². The van der Waals surface area contributed by atoms with Crippen LogP contribution in [0.25, 0.3) is 0 Å². The second-order valence-corrected chi connectivity index (χ2v) is 10.3. The van der Waals surface area contributed by atoms with E-state index in [9.17, 15) is 19.5 Å². The molecule has 6 heteroatoms. The van der Waals surface area contributed by atoms with Gasteiger partial charge in [0.15, 0.2) is 5.78 Å². The maximum absolute atomic E-state index is 13.1. The topological polar surface area (TPSA) is 89.9 Å². The molecule has 0 heterocycles. The molecule has 1 saturated carbocycles. The standard InChI is InChI=1S/C25H36O6/c1-14(2)30-22(27)20-18(26)13-25(8,29)21(23(28)31-15(3)4)19(20)16-9-11-17(12-10-16)24(5,6)7/h9-12,14-15,19-21,29H,13H2,1-8H3/t19-,20+,21-,25-/m0/s1. The van der Waals surface area contributed by atoms with Gasteiger partial charge in [-0.1, -0.05) is 45.0 Å². The molecule has 0 bridgehead atoms. The molecule has 1 N–H and O–H groups in total. The zero-order valence-electron chi connectivity index (χ0n) is 19.9. The van der Waals surface area contributed by atoms with Crippen molar-refractivity contribution in [3.63, 3.8) is 0 Å². The highest BCUT2D eigenvalue weighted by atomic mass is 16.5. The Morgan fingerprint density at radius 1 is 1.00 bits per heavy atom. The van der Waals surface area contributed by atoms with E-state index in [0.29, 0.717) is 5.56 Å². The lowest BCUT2D eigenvalue weighted by Crippen LogP contribution is -2.55. The van der Waals surface area contributed by atoms with E-state index in [4.69, 9.17) is 9.47 Å². The first-order valence-corrected chi connectivity index (χ1v) is 10.9. The number of Topliss-reactive ketones (excluding diaryl/α,β-unsaturated/α-hetero) is 1. The Bertz CT molecular complexity index is 805. The smallest absolute Gasteiger partial charge is 0.317 e. The van der Waals surface area contributed by atoms with E-state index in [-0.39, 0.29) is 11.8 Å². The summed E-state index contributed by atoms with van der Waals surface area (Å²) in [6, 6.07) is 7.51. The van der Waals surface area contributed by atoms with Gasteiger partial charge in [-0.2, -0.15) is 0 Å². The zero-order valence-corrected chi connectivity index (χ0v) is 19.9. The van der Waals surface area contributed by atoms with Crippen LogP contribution in [0.5, 0.6) is 0 Å². The maximum atomic E-state index is 13.1. The summed E-state index contributed by atoms with van der Waals surface area (Å²) in [7, 11) is 0. The lowest BCUT2D eigenvalue weighted by molar-refractivity contribution is -0.176. The van der Waals surface area contributed by atoms with Crippen molar-refractivity contribution in [1.29, 1.82) is 0 Å². The van der Waals surface area contributed by atoms with Crippen molar-refractivity contribution in [3.05, 3.63) is 35.4 Å². The lowest BCUT2D eigenvalue weighted by Gasteiger charge is -2.44. The molecule has 0 amide bonds. The third kappa shape index (κ3) is 5.73. The van der Waals surface area contributed by atoms with Crippen molar-refractivity contribution in [3.8, 4) is 0 Å². The number of carbonyl (C=O) groups excluding carboxylic acids is 3. The van der Waals surface area contributed by atoms with Crippen LogP contribution in [0.1, 0.15) is 78.9 Å². The highest BCUT2D eigenvalue weighted by molar-refractivity contribution is 6.02. The van der Waals surface area contributed by atoms with E-state index in [0.717, 1.165) is 5.56 Å². The number of carbonyl (C=O) groups is 3. The molecule has 4 atom stereocenters. The molecule has 0 saturated heterocycles. The molecule has 1 fully saturated rings. The SMILES string of the molecule is CC(C)OC(=O)[C@@H]1C(=O)C[C@](C)(O)[C@H](C(=O)OC(C)C)[C@H]1c1ccc(C(C)(C)C)cc1. The normalized spacial score (nSPS) is 26.8.